The normalized spacial score (nSPS) is 14.4. The van der Waals surface area contributed by atoms with Gasteiger partial charge >= 0.3 is 0 Å². The quantitative estimate of drug-likeness (QED) is 0.543. The van der Waals surface area contributed by atoms with Crippen LogP contribution in [0, 0.1) is 0 Å². The number of hydrogen-bond donors (Lipinski definition) is 0. The predicted octanol–water partition coefficient (Wildman–Crippen LogP) is 5.16. The zero-order valence-corrected chi connectivity index (χ0v) is 12.9. The van der Waals surface area contributed by atoms with E-state index in [1.54, 1.807) is 0 Å². The SMILES string of the molecule is C[C@@H](c1ccccc1)N(I)[C@@H](C)c1ccccc1. The van der Waals surface area contributed by atoms with Crippen molar-refractivity contribution in [3.63, 3.8) is 0 Å². The molecule has 94 valence electrons. The lowest BCUT2D eigenvalue weighted by atomic mass is 10.0. The molecule has 2 atom stereocenters. The highest BCUT2D eigenvalue weighted by molar-refractivity contribution is 14.1. The van der Waals surface area contributed by atoms with Gasteiger partial charge in [-0.15, -0.1) is 0 Å². The minimum atomic E-state index is 0.405. The molecule has 0 amide bonds. The molecular formula is C16H18IN. The van der Waals surface area contributed by atoms with Gasteiger partial charge in [-0.1, -0.05) is 60.7 Å². The van der Waals surface area contributed by atoms with Crippen LogP contribution in [0.4, 0.5) is 0 Å². The van der Waals surface area contributed by atoms with Crippen LogP contribution in [0.5, 0.6) is 0 Å². The fourth-order valence-corrected chi connectivity index (χ4v) is 2.73. The van der Waals surface area contributed by atoms with Gasteiger partial charge in [0.15, 0.2) is 0 Å². The average Bonchev–Trinajstić information content (AvgIpc) is 2.47. The zero-order chi connectivity index (χ0) is 13.0. The lowest BCUT2D eigenvalue weighted by Crippen LogP contribution is -2.20. The molecule has 0 aliphatic carbocycles. The lowest BCUT2D eigenvalue weighted by molar-refractivity contribution is 0.343. The monoisotopic (exact) mass is 351 g/mol. The van der Waals surface area contributed by atoms with Gasteiger partial charge in [0, 0.05) is 34.9 Å². The van der Waals surface area contributed by atoms with Gasteiger partial charge in [0.1, 0.15) is 0 Å². The molecular weight excluding hydrogens is 333 g/mol. The Kier molecular flexibility index (Phi) is 4.78. The molecule has 18 heavy (non-hydrogen) atoms. The van der Waals surface area contributed by atoms with Crippen LogP contribution >= 0.6 is 22.9 Å². The van der Waals surface area contributed by atoms with Crippen LogP contribution in [-0.4, -0.2) is 3.11 Å². The zero-order valence-electron chi connectivity index (χ0n) is 10.8. The number of hydrogen-bond acceptors (Lipinski definition) is 1. The summed E-state index contributed by atoms with van der Waals surface area (Å²) < 4.78 is 2.38. The smallest absolute Gasteiger partial charge is 0.0422 e. The summed E-state index contributed by atoms with van der Waals surface area (Å²) in [6.45, 7) is 4.50. The summed E-state index contributed by atoms with van der Waals surface area (Å²) in [4.78, 5) is 0. The Morgan fingerprint density at radius 3 is 1.39 bits per heavy atom. The van der Waals surface area contributed by atoms with Crippen LogP contribution in [0.15, 0.2) is 60.7 Å². The van der Waals surface area contributed by atoms with Gasteiger partial charge in [0.25, 0.3) is 0 Å². The van der Waals surface area contributed by atoms with Crippen molar-refractivity contribution in [2.45, 2.75) is 25.9 Å². The minimum absolute atomic E-state index is 0.405. The van der Waals surface area contributed by atoms with Gasteiger partial charge < -0.3 is 0 Å². The second-order valence-electron chi connectivity index (χ2n) is 4.52. The topological polar surface area (TPSA) is 3.24 Å². The molecule has 0 saturated heterocycles. The van der Waals surface area contributed by atoms with E-state index < -0.39 is 0 Å². The van der Waals surface area contributed by atoms with E-state index in [0.717, 1.165) is 0 Å². The van der Waals surface area contributed by atoms with E-state index in [4.69, 9.17) is 0 Å². The van der Waals surface area contributed by atoms with Crippen LogP contribution in [0.1, 0.15) is 37.1 Å². The highest BCUT2D eigenvalue weighted by Gasteiger charge is 2.19. The van der Waals surface area contributed by atoms with Crippen molar-refractivity contribution in [3.8, 4) is 0 Å². The van der Waals surface area contributed by atoms with Crippen molar-refractivity contribution in [2.24, 2.45) is 0 Å². The maximum Gasteiger partial charge on any atom is 0.0422 e. The van der Waals surface area contributed by atoms with E-state index >= 15 is 0 Å². The minimum Gasteiger partial charge on any atom is -0.233 e. The first-order valence-electron chi connectivity index (χ1n) is 6.24. The molecule has 0 N–H and O–H groups in total. The Labute approximate surface area is 123 Å². The molecule has 0 bridgehead atoms. The standard InChI is InChI=1S/C16H18IN/c1-13(15-9-5-3-6-10-15)18(17)14(2)16-11-7-4-8-12-16/h3-14H,1-2H3/t13-,14-/m0/s1. The van der Waals surface area contributed by atoms with Gasteiger partial charge in [-0.05, 0) is 25.0 Å². The first kappa shape index (κ1) is 13.6. The van der Waals surface area contributed by atoms with E-state index in [-0.39, 0.29) is 0 Å². The van der Waals surface area contributed by atoms with E-state index in [2.05, 4.69) is 100 Å². The van der Waals surface area contributed by atoms with Crippen LogP contribution < -0.4 is 0 Å². The van der Waals surface area contributed by atoms with Crippen molar-refractivity contribution >= 4 is 22.9 Å². The average molecular weight is 351 g/mol. The predicted molar refractivity (Wildman–Crippen MR) is 85.6 cm³/mol. The highest BCUT2D eigenvalue weighted by atomic mass is 127. The van der Waals surface area contributed by atoms with Crippen molar-refractivity contribution in [3.05, 3.63) is 71.8 Å². The van der Waals surface area contributed by atoms with Crippen molar-refractivity contribution in [2.75, 3.05) is 0 Å². The van der Waals surface area contributed by atoms with E-state index in [1.165, 1.54) is 11.1 Å². The van der Waals surface area contributed by atoms with E-state index in [1.807, 2.05) is 0 Å². The Morgan fingerprint density at radius 1 is 0.722 bits per heavy atom. The molecule has 0 aromatic heterocycles. The third kappa shape index (κ3) is 3.12. The van der Waals surface area contributed by atoms with Gasteiger partial charge in [-0.2, -0.15) is 0 Å². The summed E-state index contributed by atoms with van der Waals surface area (Å²) in [7, 11) is 0. The number of benzene rings is 2. The summed E-state index contributed by atoms with van der Waals surface area (Å²) in [5.41, 5.74) is 2.71. The van der Waals surface area contributed by atoms with Gasteiger partial charge in [-0.3, -0.25) is 0 Å². The third-order valence-corrected chi connectivity index (χ3v) is 4.98. The van der Waals surface area contributed by atoms with Crippen LogP contribution in [0.2, 0.25) is 0 Å². The molecule has 0 aliphatic heterocycles. The Bertz CT molecular complexity index is 423. The highest BCUT2D eigenvalue weighted by Crippen LogP contribution is 2.33. The van der Waals surface area contributed by atoms with Crippen LogP contribution in [-0.2, 0) is 0 Å². The van der Waals surface area contributed by atoms with E-state index in [9.17, 15) is 0 Å². The molecule has 0 spiro atoms. The van der Waals surface area contributed by atoms with Crippen molar-refractivity contribution in [1.82, 2.24) is 3.11 Å². The third-order valence-electron chi connectivity index (χ3n) is 3.30. The molecule has 2 heteroatoms. The molecule has 1 nitrogen and oxygen atoms in total. The fraction of sp³-hybridized carbons (Fsp3) is 0.250. The molecule has 2 aromatic rings. The van der Waals surface area contributed by atoms with Gasteiger partial charge in [-0.25, -0.2) is 3.11 Å². The fourth-order valence-electron chi connectivity index (χ4n) is 2.08. The Balaban J connectivity index is 2.14. The largest absolute Gasteiger partial charge is 0.233 e. The Morgan fingerprint density at radius 2 is 1.06 bits per heavy atom. The van der Waals surface area contributed by atoms with Crippen molar-refractivity contribution in [1.29, 1.82) is 0 Å². The lowest BCUT2D eigenvalue weighted by Gasteiger charge is -2.29. The summed E-state index contributed by atoms with van der Waals surface area (Å²) in [5, 5.41) is 0. The molecule has 0 radical (unpaired) electrons. The maximum atomic E-state index is 2.43. The molecule has 2 aromatic carbocycles. The Hall–Kier alpha value is -0.870. The summed E-state index contributed by atoms with van der Waals surface area (Å²) in [6.07, 6.45) is 0. The number of rotatable bonds is 4. The molecule has 0 aliphatic rings. The second kappa shape index (κ2) is 6.34. The van der Waals surface area contributed by atoms with Crippen LogP contribution in [0.3, 0.4) is 0 Å². The first-order valence-corrected chi connectivity index (χ1v) is 7.20. The summed E-state index contributed by atoms with van der Waals surface area (Å²) in [5.74, 6) is 0. The molecule has 0 saturated carbocycles. The number of halogens is 1. The number of nitrogens with zero attached hydrogens (tertiary/aromatic N) is 1. The molecule has 2 rings (SSSR count). The van der Waals surface area contributed by atoms with Gasteiger partial charge in [0.2, 0.25) is 0 Å². The summed E-state index contributed by atoms with van der Waals surface area (Å²) >= 11 is 2.43. The molecule has 0 heterocycles. The molecule has 0 fully saturated rings. The van der Waals surface area contributed by atoms with Crippen LogP contribution in [0.25, 0.3) is 0 Å². The first-order chi connectivity index (χ1) is 8.70. The molecule has 0 unspecified atom stereocenters. The summed E-state index contributed by atoms with van der Waals surface area (Å²) in [6, 6.07) is 22.1. The van der Waals surface area contributed by atoms with Gasteiger partial charge in [0.05, 0.1) is 0 Å². The van der Waals surface area contributed by atoms with Crippen molar-refractivity contribution < 1.29 is 0 Å². The second-order valence-corrected chi connectivity index (χ2v) is 5.63. The van der Waals surface area contributed by atoms with E-state index in [0.29, 0.717) is 12.1 Å². The maximum absolute atomic E-state index is 2.43.